The predicted octanol–water partition coefficient (Wildman–Crippen LogP) is 2.99. The van der Waals surface area contributed by atoms with Gasteiger partial charge in [0.2, 0.25) is 0 Å². The van der Waals surface area contributed by atoms with Gasteiger partial charge in [-0.2, -0.15) is 0 Å². The van der Waals surface area contributed by atoms with E-state index in [4.69, 9.17) is 0 Å². The molecule has 0 unspecified atom stereocenters. The predicted molar refractivity (Wildman–Crippen MR) is 57.0 cm³/mol. The lowest BCUT2D eigenvalue weighted by molar-refractivity contribution is 0.547. The minimum absolute atomic E-state index is 0.161. The van der Waals surface area contributed by atoms with Crippen molar-refractivity contribution in [2.45, 2.75) is 39.7 Å². The molecule has 1 N–H and O–H groups in total. The summed E-state index contributed by atoms with van der Waals surface area (Å²) in [7, 11) is 0. The van der Waals surface area contributed by atoms with E-state index in [2.05, 4.69) is 37.1 Å². The van der Waals surface area contributed by atoms with Crippen molar-refractivity contribution in [1.29, 1.82) is 0 Å². The molecule has 0 spiro atoms. The molecule has 0 fully saturated rings. The quantitative estimate of drug-likeness (QED) is 0.769. The number of rotatable bonds is 3. The van der Waals surface area contributed by atoms with Gasteiger partial charge in [0.15, 0.2) is 0 Å². The van der Waals surface area contributed by atoms with Crippen LogP contribution in [-0.2, 0) is 0 Å². The van der Waals surface area contributed by atoms with Gasteiger partial charge >= 0.3 is 0 Å². The maximum Gasteiger partial charge on any atom is 0.0393 e. The highest BCUT2D eigenvalue weighted by atomic mass is 15.0. The molecule has 13 heavy (non-hydrogen) atoms. The molecule has 0 bridgehead atoms. The van der Waals surface area contributed by atoms with Gasteiger partial charge in [-0.1, -0.05) is 6.92 Å². The van der Waals surface area contributed by atoms with E-state index in [-0.39, 0.29) is 5.54 Å². The van der Waals surface area contributed by atoms with Gasteiger partial charge in [-0.05, 0) is 39.3 Å². The molecule has 1 aromatic heterocycles. The third-order valence-electron chi connectivity index (χ3n) is 2.26. The molecular weight excluding hydrogens is 160 g/mol. The molecule has 0 aliphatic rings. The zero-order chi connectivity index (χ0) is 9.90. The van der Waals surface area contributed by atoms with Crippen molar-refractivity contribution < 1.29 is 0 Å². The summed E-state index contributed by atoms with van der Waals surface area (Å²) in [4.78, 5) is 4.16. The Morgan fingerprint density at radius 3 is 2.69 bits per heavy atom. The molecule has 0 atom stereocenters. The lowest BCUT2D eigenvalue weighted by atomic mass is 10.0. The molecular formula is C11H18N2. The number of nitrogens with one attached hydrogen (secondary N) is 1. The van der Waals surface area contributed by atoms with Gasteiger partial charge in [0, 0.05) is 23.1 Å². The summed E-state index contributed by atoms with van der Waals surface area (Å²) in [6.07, 6.45) is 2.94. The summed E-state index contributed by atoms with van der Waals surface area (Å²) in [6.45, 7) is 8.58. The normalized spacial score (nSPS) is 11.4. The number of hydrogen-bond donors (Lipinski definition) is 1. The standard InChI is InChI=1S/C11H18N2/c1-5-11(3,4)13-10-6-7-12-9(2)8-10/h6-8H,5H2,1-4H3,(H,12,13). The minimum Gasteiger partial charge on any atom is -0.380 e. The van der Waals surface area contributed by atoms with Crippen molar-refractivity contribution in [3.05, 3.63) is 24.0 Å². The van der Waals surface area contributed by atoms with Crippen LogP contribution in [0.4, 0.5) is 5.69 Å². The Morgan fingerprint density at radius 1 is 1.46 bits per heavy atom. The Balaban J connectivity index is 2.74. The van der Waals surface area contributed by atoms with E-state index in [1.807, 2.05) is 19.2 Å². The molecule has 72 valence electrons. The highest BCUT2D eigenvalue weighted by molar-refractivity contribution is 5.45. The number of aromatic nitrogens is 1. The first-order valence-electron chi connectivity index (χ1n) is 4.74. The topological polar surface area (TPSA) is 24.9 Å². The van der Waals surface area contributed by atoms with Gasteiger partial charge in [-0.25, -0.2) is 0 Å². The first-order valence-corrected chi connectivity index (χ1v) is 4.74. The number of aryl methyl sites for hydroxylation is 1. The smallest absolute Gasteiger partial charge is 0.0393 e. The van der Waals surface area contributed by atoms with Gasteiger partial charge in [0.1, 0.15) is 0 Å². The van der Waals surface area contributed by atoms with Crippen molar-refractivity contribution in [3.63, 3.8) is 0 Å². The average molecular weight is 178 g/mol. The first-order chi connectivity index (χ1) is 6.03. The number of pyridine rings is 1. The lowest BCUT2D eigenvalue weighted by Crippen LogP contribution is -2.29. The van der Waals surface area contributed by atoms with E-state index in [0.717, 1.165) is 17.8 Å². The Bertz CT molecular complexity index is 279. The summed E-state index contributed by atoms with van der Waals surface area (Å²) >= 11 is 0. The zero-order valence-corrected chi connectivity index (χ0v) is 8.89. The number of anilines is 1. The van der Waals surface area contributed by atoms with Crippen LogP contribution in [0.15, 0.2) is 18.3 Å². The molecule has 0 amide bonds. The molecule has 0 saturated heterocycles. The largest absolute Gasteiger partial charge is 0.380 e. The fraction of sp³-hybridized carbons (Fsp3) is 0.545. The van der Waals surface area contributed by atoms with E-state index >= 15 is 0 Å². The molecule has 1 rings (SSSR count). The molecule has 2 heteroatoms. The van der Waals surface area contributed by atoms with Crippen molar-refractivity contribution in [2.75, 3.05) is 5.32 Å². The van der Waals surface area contributed by atoms with Crippen LogP contribution in [0.2, 0.25) is 0 Å². The van der Waals surface area contributed by atoms with Crippen LogP contribution in [0.5, 0.6) is 0 Å². The molecule has 0 aliphatic heterocycles. The minimum atomic E-state index is 0.161. The van der Waals surface area contributed by atoms with Gasteiger partial charge in [0.25, 0.3) is 0 Å². The molecule has 0 saturated carbocycles. The van der Waals surface area contributed by atoms with Crippen LogP contribution in [0.1, 0.15) is 32.9 Å². The molecule has 1 aromatic rings. The van der Waals surface area contributed by atoms with Crippen LogP contribution >= 0.6 is 0 Å². The maximum atomic E-state index is 4.16. The third-order valence-corrected chi connectivity index (χ3v) is 2.26. The van der Waals surface area contributed by atoms with Gasteiger partial charge in [-0.3, -0.25) is 4.98 Å². The highest BCUT2D eigenvalue weighted by Gasteiger charge is 2.13. The third kappa shape index (κ3) is 3.05. The molecule has 0 radical (unpaired) electrons. The summed E-state index contributed by atoms with van der Waals surface area (Å²) in [5, 5.41) is 3.47. The maximum absolute atomic E-state index is 4.16. The van der Waals surface area contributed by atoms with Crippen molar-refractivity contribution >= 4 is 5.69 Å². The van der Waals surface area contributed by atoms with Crippen LogP contribution in [0.3, 0.4) is 0 Å². The number of nitrogens with zero attached hydrogens (tertiary/aromatic N) is 1. The lowest BCUT2D eigenvalue weighted by Gasteiger charge is -2.25. The van der Waals surface area contributed by atoms with Crippen LogP contribution < -0.4 is 5.32 Å². The zero-order valence-electron chi connectivity index (χ0n) is 8.89. The Kier molecular flexibility index (Phi) is 2.91. The highest BCUT2D eigenvalue weighted by Crippen LogP contribution is 2.17. The summed E-state index contributed by atoms with van der Waals surface area (Å²) in [6, 6.07) is 4.07. The van der Waals surface area contributed by atoms with Gasteiger partial charge in [0.05, 0.1) is 0 Å². The monoisotopic (exact) mass is 178 g/mol. The SMILES string of the molecule is CCC(C)(C)Nc1ccnc(C)c1. The van der Waals surface area contributed by atoms with E-state index in [9.17, 15) is 0 Å². The number of hydrogen-bond acceptors (Lipinski definition) is 2. The molecule has 0 aliphatic carbocycles. The Labute approximate surface area is 80.4 Å². The van der Waals surface area contributed by atoms with Crippen LogP contribution in [0.25, 0.3) is 0 Å². The Hall–Kier alpha value is -1.05. The summed E-state index contributed by atoms with van der Waals surface area (Å²) < 4.78 is 0. The summed E-state index contributed by atoms with van der Waals surface area (Å²) in [5.41, 5.74) is 2.37. The first kappa shape index (κ1) is 10.0. The molecule has 0 aromatic carbocycles. The average Bonchev–Trinajstić information content (AvgIpc) is 2.03. The second-order valence-corrected chi connectivity index (χ2v) is 4.05. The van der Waals surface area contributed by atoms with Crippen molar-refractivity contribution in [3.8, 4) is 0 Å². The van der Waals surface area contributed by atoms with Crippen LogP contribution in [-0.4, -0.2) is 10.5 Å². The van der Waals surface area contributed by atoms with E-state index in [1.54, 1.807) is 0 Å². The second kappa shape index (κ2) is 3.77. The fourth-order valence-corrected chi connectivity index (χ4v) is 1.10. The van der Waals surface area contributed by atoms with E-state index in [0.29, 0.717) is 0 Å². The van der Waals surface area contributed by atoms with Crippen molar-refractivity contribution in [1.82, 2.24) is 4.98 Å². The summed E-state index contributed by atoms with van der Waals surface area (Å²) in [5.74, 6) is 0. The van der Waals surface area contributed by atoms with Gasteiger partial charge < -0.3 is 5.32 Å². The van der Waals surface area contributed by atoms with Gasteiger partial charge in [-0.15, -0.1) is 0 Å². The van der Waals surface area contributed by atoms with E-state index in [1.165, 1.54) is 0 Å². The van der Waals surface area contributed by atoms with Crippen molar-refractivity contribution in [2.24, 2.45) is 0 Å². The molecule has 1 heterocycles. The van der Waals surface area contributed by atoms with E-state index < -0.39 is 0 Å². The molecule has 2 nitrogen and oxygen atoms in total. The second-order valence-electron chi connectivity index (χ2n) is 4.05. The Morgan fingerprint density at radius 2 is 2.15 bits per heavy atom. The van der Waals surface area contributed by atoms with Crippen LogP contribution in [0, 0.1) is 6.92 Å². The fourth-order valence-electron chi connectivity index (χ4n) is 1.10.